The van der Waals surface area contributed by atoms with Crippen LogP contribution in [-0.2, 0) is 37.8 Å². The first-order valence-electron chi connectivity index (χ1n) is 25.8. The number of nitrogens with one attached hydrogen (secondary N) is 1. The second-order valence-electron chi connectivity index (χ2n) is 20.9. The molecule has 0 saturated carbocycles. The summed E-state index contributed by atoms with van der Waals surface area (Å²) in [4.78, 5) is 73.5. The summed E-state index contributed by atoms with van der Waals surface area (Å²) >= 11 is 7.84. The third-order valence-corrected chi connectivity index (χ3v) is 17.6. The number of carbonyl (C=O) groups is 3. The molecule has 5 atom stereocenters. The number of alkyl halides is 1. The molecule has 3 fully saturated rings. The average Bonchev–Trinajstić information content (AvgIpc) is 4.38. The number of hydrogen-bond acceptors (Lipinski definition) is 16. The standard InChI is InChI=1S/C56H50ClF3N10O8S/c1-5-56(75)37-18-41-45-30(22-70(41)51(72)36(37)24-76-52(56)73)15-29-16-32(7-10-40(29)64-45)63-54(74)78-28(4)27(3)50(71)67-13-14-69(26(2)21-67)49-34-17-38(57)43(33-8-9-39(59)47-42(33)35(20-61)48(62)79-47)44(60)46(34)65-53(66-49)77-25-55-11-6-12-68(55)23-31(58)19-55/h7-10,15-18,26,28,31,75H,3,5-6,11-14,19,21-25,62H2,1-2,4H3,(H,63,74)/t26-,28+,31+,55-,56-/m0/s1. The number of amides is 2. The Balaban J connectivity index is 0.760. The van der Waals surface area contributed by atoms with E-state index in [2.05, 4.69) is 21.8 Å². The summed E-state index contributed by atoms with van der Waals surface area (Å²) in [6.45, 7) is 10.5. The van der Waals surface area contributed by atoms with Crippen LogP contribution >= 0.6 is 22.9 Å². The van der Waals surface area contributed by atoms with Crippen LogP contribution in [0.2, 0.25) is 5.02 Å². The molecule has 406 valence electrons. The molecule has 5 aliphatic rings. The van der Waals surface area contributed by atoms with Crippen molar-refractivity contribution in [1.29, 1.82) is 5.26 Å². The average molecular weight is 1120 g/mol. The van der Waals surface area contributed by atoms with Crippen LogP contribution in [-0.4, -0.2) is 116 Å². The summed E-state index contributed by atoms with van der Waals surface area (Å²) < 4.78 is 66.2. The normalized spacial score (nSPS) is 21.8. The Morgan fingerprint density at radius 3 is 2.70 bits per heavy atom. The molecule has 3 saturated heterocycles. The van der Waals surface area contributed by atoms with Crippen molar-refractivity contribution >= 4 is 89.3 Å². The zero-order chi connectivity index (χ0) is 55.6. The van der Waals surface area contributed by atoms with E-state index in [0.29, 0.717) is 46.5 Å². The fraction of sp³-hybridized carbons (Fsp3) is 0.357. The van der Waals surface area contributed by atoms with Crippen molar-refractivity contribution in [1.82, 2.24) is 29.3 Å². The number of nitrogens with zero attached hydrogens (tertiary/aromatic N) is 8. The molecule has 7 aromatic rings. The summed E-state index contributed by atoms with van der Waals surface area (Å²) in [5.74, 6) is -2.54. The van der Waals surface area contributed by atoms with Gasteiger partial charge in [-0.3, -0.25) is 19.8 Å². The molecule has 0 aliphatic carbocycles. The minimum Gasteiger partial charge on any atom is -0.461 e. The predicted octanol–water partition coefficient (Wildman–Crippen LogP) is 8.48. The van der Waals surface area contributed by atoms with Gasteiger partial charge in [-0.05, 0) is 87.7 Å². The lowest BCUT2D eigenvalue weighted by Gasteiger charge is -2.41. The van der Waals surface area contributed by atoms with Gasteiger partial charge in [-0.1, -0.05) is 31.2 Å². The van der Waals surface area contributed by atoms with Gasteiger partial charge in [0.15, 0.2) is 11.4 Å². The number of nitrogens with two attached hydrogens (primary N) is 1. The highest BCUT2D eigenvalue weighted by atomic mass is 35.5. The molecule has 0 bridgehead atoms. The number of nitriles is 1. The Labute approximate surface area is 457 Å². The number of anilines is 3. The van der Waals surface area contributed by atoms with E-state index in [9.17, 15) is 33.9 Å². The fourth-order valence-corrected chi connectivity index (χ4v) is 13.4. The Hall–Kier alpha value is -7.84. The fourth-order valence-electron chi connectivity index (χ4n) is 12.1. The van der Waals surface area contributed by atoms with E-state index in [0.717, 1.165) is 23.8 Å². The van der Waals surface area contributed by atoms with E-state index in [1.54, 1.807) is 36.1 Å². The number of aromatic nitrogens is 4. The van der Waals surface area contributed by atoms with Crippen LogP contribution in [0.4, 0.5) is 34.5 Å². The zero-order valence-corrected chi connectivity index (χ0v) is 44.5. The molecule has 0 spiro atoms. The van der Waals surface area contributed by atoms with Crippen LogP contribution in [0.25, 0.3) is 54.4 Å². The van der Waals surface area contributed by atoms with Gasteiger partial charge < -0.3 is 39.4 Å². The number of piperazine rings is 1. The van der Waals surface area contributed by atoms with Crippen molar-refractivity contribution in [2.24, 2.45) is 0 Å². The molecule has 18 nitrogen and oxygen atoms in total. The zero-order valence-electron chi connectivity index (χ0n) is 42.9. The predicted molar refractivity (Wildman–Crippen MR) is 290 cm³/mol. The number of aliphatic hydroxyl groups is 1. The number of fused-ring (bicyclic) bond motifs is 8. The molecule has 79 heavy (non-hydrogen) atoms. The largest absolute Gasteiger partial charge is 0.461 e. The number of rotatable bonds is 10. The SMILES string of the molecule is C=C(C(=O)N1CCN(c2nc(OC[C@@]34CCCN3C[C@H](F)C4)nc3c(F)c(-c4ccc(F)c5sc(N)c(C#N)c45)c(Cl)cc23)[C@@H](C)C1)[C@@H](C)OC(=O)Nc1ccc2nc3c(cc2c1)Cn1c-3cc2c(c1=O)COC(=O)[C@]2(O)CC. The maximum absolute atomic E-state index is 17.5. The second kappa shape index (κ2) is 19.2. The Kier molecular flexibility index (Phi) is 12.6. The van der Waals surface area contributed by atoms with Crippen LogP contribution in [0.5, 0.6) is 6.01 Å². The van der Waals surface area contributed by atoms with E-state index >= 15 is 8.78 Å². The minimum absolute atomic E-state index is 0.00743. The number of ether oxygens (including phenoxy) is 3. The van der Waals surface area contributed by atoms with Crippen LogP contribution in [0.1, 0.15) is 68.7 Å². The first-order valence-corrected chi connectivity index (χ1v) is 27.0. The summed E-state index contributed by atoms with van der Waals surface area (Å²) in [5, 5.41) is 24.9. The summed E-state index contributed by atoms with van der Waals surface area (Å²) in [7, 11) is 0. The lowest BCUT2D eigenvalue weighted by atomic mass is 9.86. The molecule has 4 N–H and O–H groups in total. The van der Waals surface area contributed by atoms with E-state index in [-0.39, 0.29) is 141 Å². The second-order valence-corrected chi connectivity index (χ2v) is 22.3. The molecule has 9 heterocycles. The van der Waals surface area contributed by atoms with Gasteiger partial charge in [0.05, 0.1) is 55.4 Å². The molecule has 3 aromatic carbocycles. The Bertz CT molecular complexity index is 3950. The van der Waals surface area contributed by atoms with E-state index in [1.165, 1.54) is 23.6 Å². The monoisotopic (exact) mass is 1110 g/mol. The van der Waals surface area contributed by atoms with Crippen LogP contribution in [0.3, 0.4) is 0 Å². The number of carbonyl (C=O) groups excluding carboxylic acids is 3. The maximum Gasteiger partial charge on any atom is 0.412 e. The number of pyridine rings is 2. The Morgan fingerprint density at radius 2 is 1.92 bits per heavy atom. The topological polar surface area (TPSA) is 231 Å². The molecular weight excluding hydrogens is 1070 g/mol. The number of halogens is 4. The first kappa shape index (κ1) is 51.9. The van der Waals surface area contributed by atoms with Gasteiger partial charge in [-0.25, -0.2) is 27.7 Å². The molecule has 4 aromatic heterocycles. The van der Waals surface area contributed by atoms with Gasteiger partial charge in [-0.15, -0.1) is 11.3 Å². The number of cyclic esters (lactones) is 1. The number of benzene rings is 3. The highest BCUT2D eigenvalue weighted by Crippen LogP contribution is 2.47. The smallest absolute Gasteiger partial charge is 0.412 e. The summed E-state index contributed by atoms with van der Waals surface area (Å²) in [6.07, 6.45) is -1.10. The van der Waals surface area contributed by atoms with Crippen LogP contribution < -0.4 is 26.2 Å². The van der Waals surface area contributed by atoms with Gasteiger partial charge in [0.25, 0.3) is 11.5 Å². The Morgan fingerprint density at radius 1 is 1.11 bits per heavy atom. The van der Waals surface area contributed by atoms with Crippen LogP contribution in [0, 0.1) is 23.0 Å². The van der Waals surface area contributed by atoms with E-state index in [1.807, 2.05) is 24.0 Å². The van der Waals surface area contributed by atoms with Crippen molar-refractivity contribution < 1.29 is 46.9 Å². The lowest BCUT2D eigenvalue weighted by Crippen LogP contribution is -2.54. The van der Waals surface area contributed by atoms with Gasteiger partial charge in [0.2, 0.25) is 0 Å². The molecule has 5 aliphatic heterocycles. The van der Waals surface area contributed by atoms with Crippen LogP contribution in [0.15, 0.2) is 65.5 Å². The molecule has 0 unspecified atom stereocenters. The summed E-state index contributed by atoms with van der Waals surface area (Å²) in [5.41, 5.74) is 6.07. The van der Waals surface area contributed by atoms with Crippen molar-refractivity contribution in [2.75, 3.05) is 55.3 Å². The first-order chi connectivity index (χ1) is 37.8. The van der Waals surface area contributed by atoms with Gasteiger partial charge in [-0.2, -0.15) is 15.2 Å². The third kappa shape index (κ3) is 8.39. The minimum atomic E-state index is -1.96. The summed E-state index contributed by atoms with van der Waals surface area (Å²) in [6, 6.07) is 13.9. The molecule has 0 radical (unpaired) electrons. The van der Waals surface area contributed by atoms with Gasteiger partial charge in [0, 0.05) is 77.2 Å². The quantitative estimate of drug-likeness (QED) is 0.0861. The number of esters is 1. The van der Waals surface area contributed by atoms with Crippen molar-refractivity contribution in [2.45, 2.75) is 89.1 Å². The number of thiophene rings is 1. The highest BCUT2D eigenvalue weighted by molar-refractivity contribution is 7.23. The highest BCUT2D eigenvalue weighted by Gasteiger charge is 2.50. The van der Waals surface area contributed by atoms with Crippen molar-refractivity contribution in [3.63, 3.8) is 0 Å². The van der Waals surface area contributed by atoms with Crippen molar-refractivity contribution in [3.8, 4) is 34.6 Å². The maximum atomic E-state index is 17.5. The van der Waals surface area contributed by atoms with E-state index < -0.39 is 59.1 Å². The van der Waals surface area contributed by atoms with Gasteiger partial charge >= 0.3 is 18.1 Å². The number of hydrogen-bond donors (Lipinski definition) is 3. The van der Waals surface area contributed by atoms with Crippen molar-refractivity contribution in [3.05, 3.63) is 110 Å². The third-order valence-electron chi connectivity index (χ3n) is 16.3. The molecule has 12 rings (SSSR count). The van der Waals surface area contributed by atoms with E-state index in [4.69, 9.17) is 41.5 Å². The molecular formula is C56H50ClF3N10O8S. The van der Waals surface area contributed by atoms with Gasteiger partial charge in [0.1, 0.15) is 53.7 Å². The lowest BCUT2D eigenvalue weighted by molar-refractivity contribution is -0.172. The number of nitrogen functional groups attached to an aromatic ring is 1. The molecule has 23 heteroatoms. The molecule has 2 amide bonds.